The van der Waals surface area contributed by atoms with E-state index in [9.17, 15) is 9.65 Å². The minimum Gasteiger partial charge on any atom is -0.493 e. The molecule has 0 unspecified atom stereocenters. The van der Waals surface area contributed by atoms with Gasteiger partial charge in [-0.25, -0.2) is 4.39 Å². The molecule has 0 radical (unpaired) electrons. The number of rotatable bonds is 6. The van der Waals surface area contributed by atoms with E-state index >= 15 is 0 Å². The highest BCUT2D eigenvalue weighted by molar-refractivity contribution is 14.1. The van der Waals surface area contributed by atoms with Gasteiger partial charge >= 0.3 is 0 Å². The molecule has 152 valence electrons. The fourth-order valence-electron chi connectivity index (χ4n) is 2.77. The van der Waals surface area contributed by atoms with Gasteiger partial charge in [-0.15, -0.1) is 0 Å². The van der Waals surface area contributed by atoms with Crippen molar-refractivity contribution in [2.45, 2.75) is 6.61 Å². The van der Waals surface area contributed by atoms with Crippen molar-refractivity contribution in [1.82, 2.24) is 0 Å². The first kappa shape index (κ1) is 22.4. The molecule has 3 aromatic carbocycles. The highest BCUT2D eigenvalue weighted by atomic mass is 127. The van der Waals surface area contributed by atoms with Crippen LogP contribution in [0.2, 0.25) is 10.0 Å². The van der Waals surface area contributed by atoms with E-state index in [1.54, 1.807) is 48.5 Å². The maximum atomic E-state index is 13.9. The lowest BCUT2D eigenvalue weighted by molar-refractivity contribution is 0.277. The number of halogens is 4. The van der Waals surface area contributed by atoms with Crippen molar-refractivity contribution in [3.8, 4) is 17.6 Å². The lowest BCUT2D eigenvalue weighted by atomic mass is 10.0. The van der Waals surface area contributed by atoms with Crippen LogP contribution in [0.3, 0.4) is 0 Å². The average Bonchev–Trinajstić information content (AvgIpc) is 2.72. The van der Waals surface area contributed by atoms with Crippen LogP contribution in [0.25, 0.3) is 11.6 Å². The summed E-state index contributed by atoms with van der Waals surface area (Å²) in [5.41, 5.74) is 2.15. The Morgan fingerprint density at radius 2 is 1.93 bits per heavy atom. The molecule has 0 bridgehead atoms. The van der Waals surface area contributed by atoms with Gasteiger partial charge in [0.15, 0.2) is 11.5 Å². The van der Waals surface area contributed by atoms with Crippen molar-refractivity contribution in [1.29, 1.82) is 5.26 Å². The average molecular weight is 554 g/mol. The topological polar surface area (TPSA) is 42.2 Å². The zero-order valence-corrected chi connectivity index (χ0v) is 19.4. The summed E-state index contributed by atoms with van der Waals surface area (Å²) in [4.78, 5) is 0. The zero-order valence-electron chi connectivity index (χ0n) is 15.8. The number of benzene rings is 3. The number of nitrogens with zero attached hydrogens (tertiary/aromatic N) is 1. The fraction of sp³-hybridized carbons (Fsp3) is 0.0870. The number of methoxy groups -OCH3 is 1. The van der Waals surface area contributed by atoms with Gasteiger partial charge < -0.3 is 9.47 Å². The Labute approximate surface area is 197 Å². The largest absolute Gasteiger partial charge is 0.493 e. The summed E-state index contributed by atoms with van der Waals surface area (Å²) in [7, 11) is 1.52. The highest BCUT2D eigenvalue weighted by Gasteiger charge is 2.14. The number of nitriles is 1. The first-order chi connectivity index (χ1) is 14.4. The summed E-state index contributed by atoms with van der Waals surface area (Å²) in [6.07, 6.45) is 1.71. The smallest absolute Gasteiger partial charge is 0.174 e. The molecule has 0 atom stereocenters. The molecular weight excluding hydrogens is 539 g/mol. The van der Waals surface area contributed by atoms with E-state index in [1.165, 1.54) is 13.2 Å². The van der Waals surface area contributed by atoms with Crippen LogP contribution < -0.4 is 9.47 Å². The van der Waals surface area contributed by atoms with Gasteiger partial charge in [0.05, 0.1) is 27.3 Å². The van der Waals surface area contributed by atoms with Crippen LogP contribution in [-0.2, 0) is 6.61 Å². The number of allylic oxidation sites excluding steroid dienone is 1. The minimum atomic E-state index is -0.329. The second-order valence-electron chi connectivity index (χ2n) is 6.21. The summed E-state index contributed by atoms with van der Waals surface area (Å²) >= 11 is 14.3. The molecule has 0 N–H and O–H groups in total. The van der Waals surface area contributed by atoms with Gasteiger partial charge in [-0.2, -0.15) is 5.26 Å². The Hall–Kier alpha value is -2.27. The zero-order chi connectivity index (χ0) is 21.7. The van der Waals surface area contributed by atoms with Gasteiger partial charge in [0.2, 0.25) is 0 Å². The first-order valence-electron chi connectivity index (χ1n) is 8.74. The molecule has 0 spiro atoms. The molecule has 0 aliphatic rings. The van der Waals surface area contributed by atoms with Crippen molar-refractivity contribution in [2.75, 3.05) is 7.11 Å². The Morgan fingerprint density at radius 1 is 1.17 bits per heavy atom. The molecule has 0 saturated heterocycles. The van der Waals surface area contributed by atoms with Gasteiger partial charge in [0.25, 0.3) is 0 Å². The highest BCUT2D eigenvalue weighted by Crippen LogP contribution is 2.36. The van der Waals surface area contributed by atoms with E-state index in [2.05, 4.69) is 28.7 Å². The molecule has 30 heavy (non-hydrogen) atoms. The molecule has 3 rings (SSSR count). The van der Waals surface area contributed by atoms with Crippen LogP contribution in [0.1, 0.15) is 16.7 Å². The Kier molecular flexibility index (Phi) is 7.59. The lowest BCUT2D eigenvalue weighted by Crippen LogP contribution is -2.02. The maximum absolute atomic E-state index is 13.9. The molecule has 0 saturated carbocycles. The van der Waals surface area contributed by atoms with Gasteiger partial charge in [0.1, 0.15) is 12.4 Å². The third-order valence-corrected chi connectivity index (χ3v) is 5.58. The van der Waals surface area contributed by atoms with E-state index in [1.807, 2.05) is 6.07 Å². The summed E-state index contributed by atoms with van der Waals surface area (Å²) in [6, 6.07) is 17.2. The lowest BCUT2D eigenvalue weighted by Gasteiger charge is -2.14. The van der Waals surface area contributed by atoms with Crippen molar-refractivity contribution in [2.24, 2.45) is 0 Å². The van der Waals surface area contributed by atoms with E-state index < -0.39 is 0 Å². The molecule has 0 heterocycles. The van der Waals surface area contributed by atoms with Crippen LogP contribution in [0.5, 0.6) is 11.5 Å². The Morgan fingerprint density at radius 3 is 2.60 bits per heavy atom. The second-order valence-corrected chi connectivity index (χ2v) is 8.21. The van der Waals surface area contributed by atoms with Crippen molar-refractivity contribution >= 4 is 57.4 Å². The predicted octanol–water partition coefficient (Wildman–Crippen LogP) is 7.39. The molecule has 0 aliphatic heterocycles. The third-order valence-electron chi connectivity index (χ3n) is 4.23. The van der Waals surface area contributed by atoms with Gasteiger partial charge in [-0.05, 0) is 64.6 Å². The van der Waals surface area contributed by atoms with Crippen LogP contribution >= 0.6 is 45.8 Å². The van der Waals surface area contributed by atoms with Crippen LogP contribution in [-0.4, -0.2) is 7.11 Å². The monoisotopic (exact) mass is 553 g/mol. The summed E-state index contributed by atoms with van der Waals surface area (Å²) < 4.78 is 25.9. The molecule has 3 aromatic rings. The normalized spacial score (nSPS) is 11.1. The molecule has 0 aromatic heterocycles. The van der Waals surface area contributed by atoms with Crippen molar-refractivity contribution < 1.29 is 13.9 Å². The van der Waals surface area contributed by atoms with Crippen LogP contribution in [0.4, 0.5) is 4.39 Å². The molecule has 7 heteroatoms. The fourth-order valence-corrected chi connectivity index (χ4v) is 4.06. The second kappa shape index (κ2) is 10.2. The van der Waals surface area contributed by atoms with Crippen molar-refractivity contribution in [3.63, 3.8) is 0 Å². The summed E-state index contributed by atoms with van der Waals surface area (Å²) in [6.45, 7) is 0.0675. The van der Waals surface area contributed by atoms with Gasteiger partial charge in [0, 0.05) is 16.1 Å². The van der Waals surface area contributed by atoms with Crippen LogP contribution in [0.15, 0.2) is 54.6 Å². The van der Waals surface area contributed by atoms with E-state index in [0.29, 0.717) is 38.2 Å². The van der Waals surface area contributed by atoms with Crippen molar-refractivity contribution in [3.05, 3.63) is 90.7 Å². The maximum Gasteiger partial charge on any atom is 0.174 e. The number of ether oxygens (including phenoxy) is 2. The van der Waals surface area contributed by atoms with Gasteiger partial charge in [-0.3, -0.25) is 0 Å². The number of hydrogen-bond donors (Lipinski definition) is 0. The molecule has 3 nitrogen and oxygen atoms in total. The summed E-state index contributed by atoms with van der Waals surface area (Å²) in [5.74, 6) is 0.648. The molecule has 0 amide bonds. The SMILES string of the molecule is COc1cc(/C=C(\C#N)c2ccc(Cl)cc2Cl)cc(I)c1OCc1ccccc1F. The number of hydrogen-bond acceptors (Lipinski definition) is 3. The quantitative estimate of drug-likeness (QED) is 0.181. The van der Waals surface area contributed by atoms with E-state index in [4.69, 9.17) is 32.7 Å². The summed E-state index contributed by atoms with van der Waals surface area (Å²) in [5, 5.41) is 10.5. The first-order valence-corrected chi connectivity index (χ1v) is 10.6. The molecular formula is C23H15Cl2FINO2. The molecule has 0 aliphatic carbocycles. The van der Waals surface area contributed by atoms with Crippen LogP contribution in [0, 0.1) is 20.7 Å². The molecule has 0 fully saturated rings. The van der Waals surface area contributed by atoms with Gasteiger partial charge in [-0.1, -0.05) is 47.5 Å². The Balaban J connectivity index is 1.93. The van der Waals surface area contributed by atoms with E-state index in [-0.39, 0.29) is 12.4 Å². The Bertz CT molecular complexity index is 1160. The predicted molar refractivity (Wildman–Crippen MR) is 126 cm³/mol. The minimum absolute atomic E-state index is 0.0675. The third kappa shape index (κ3) is 5.25. The van der Waals surface area contributed by atoms with E-state index in [0.717, 1.165) is 9.13 Å². The standard InChI is InChI=1S/C23H15Cl2FINO2/c1-29-22-10-14(8-16(12-28)18-7-6-17(24)11-19(18)25)9-21(27)23(22)30-13-15-4-2-3-5-20(15)26/h2-11H,13H2,1H3/b16-8+.